The highest BCUT2D eigenvalue weighted by Gasteiger charge is 2.46. The number of aliphatic hydroxyl groups is 1. The summed E-state index contributed by atoms with van der Waals surface area (Å²) in [6, 6.07) is 20.7. The van der Waals surface area contributed by atoms with E-state index in [0.717, 1.165) is 11.3 Å². The van der Waals surface area contributed by atoms with Crippen molar-refractivity contribution in [1.82, 2.24) is 10.2 Å². The Morgan fingerprint density at radius 1 is 1.08 bits per heavy atom. The number of aromatic nitrogens is 2. The van der Waals surface area contributed by atoms with Crippen LogP contribution in [0.1, 0.15) is 27.7 Å². The molecule has 0 aliphatic carbocycles. The molecule has 194 valence electrons. The van der Waals surface area contributed by atoms with E-state index in [4.69, 9.17) is 16.0 Å². The molecule has 0 spiro atoms. The van der Waals surface area contributed by atoms with Gasteiger partial charge < -0.3 is 9.52 Å². The largest absolute Gasteiger partial charge is 0.503 e. The van der Waals surface area contributed by atoms with E-state index in [9.17, 15) is 19.1 Å². The van der Waals surface area contributed by atoms with Crippen molar-refractivity contribution in [3.8, 4) is 0 Å². The number of benzene rings is 3. The van der Waals surface area contributed by atoms with Gasteiger partial charge in [-0.2, -0.15) is 0 Å². The van der Waals surface area contributed by atoms with Crippen molar-refractivity contribution >= 4 is 62.5 Å². The van der Waals surface area contributed by atoms with Gasteiger partial charge in [0.05, 0.1) is 11.6 Å². The molecule has 0 radical (unpaired) electrons. The van der Waals surface area contributed by atoms with Crippen LogP contribution in [0.5, 0.6) is 0 Å². The Balaban J connectivity index is 1.36. The van der Waals surface area contributed by atoms with E-state index < -0.39 is 23.5 Å². The molecule has 7 nitrogen and oxygen atoms in total. The van der Waals surface area contributed by atoms with Crippen LogP contribution in [0.15, 0.2) is 99.0 Å². The van der Waals surface area contributed by atoms with Crippen molar-refractivity contribution in [2.75, 3.05) is 4.90 Å². The number of anilines is 1. The van der Waals surface area contributed by atoms with Crippen molar-refractivity contribution in [2.45, 2.75) is 16.1 Å². The summed E-state index contributed by atoms with van der Waals surface area (Å²) in [5.41, 5.74) is 1.41. The molecule has 1 N–H and O–H groups in total. The zero-order chi connectivity index (χ0) is 27.1. The molecule has 39 heavy (non-hydrogen) atoms. The van der Waals surface area contributed by atoms with E-state index in [1.807, 2.05) is 6.07 Å². The van der Waals surface area contributed by atoms with Gasteiger partial charge in [0.15, 0.2) is 15.9 Å². The van der Waals surface area contributed by atoms with Gasteiger partial charge in [-0.1, -0.05) is 83.2 Å². The molecule has 11 heteroatoms. The Kier molecular flexibility index (Phi) is 6.68. The molecular formula is C28H17ClFN3O4S2. The van der Waals surface area contributed by atoms with Crippen LogP contribution in [0.2, 0.25) is 5.02 Å². The number of halogens is 2. The number of hydrogen-bond acceptors (Lipinski definition) is 8. The number of hydrogen-bond donors (Lipinski definition) is 1. The predicted octanol–water partition coefficient (Wildman–Crippen LogP) is 7.15. The standard InChI is InChI=1S/C28H17ClFN3O4S2/c29-18-11-9-15(10-12-18)23-22(24(34)21-13-16-5-2-4-8-20(16)37-21)25(35)26(36)33(23)27-31-32-28(39-27)38-14-17-6-1-3-7-19(17)30/h1-13,23,35H,14H2/t23-/m0/s1. The van der Waals surface area contributed by atoms with Crippen LogP contribution >= 0.6 is 34.7 Å². The molecule has 0 fully saturated rings. The maximum atomic E-state index is 14.1. The van der Waals surface area contributed by atoms with E-state index in [1.54, 1.807) is 66.7 Å². The number of aliphatic hydroxyl groups excluding tert-OH is 1. The normalized spacial score (nSPS) is 15.5. The number of amides is 1. The van der Waals surface area contributed by atoms with Crippen LogP contribution in [-0.4, -0.2) is 27.0 Å². The molecular weight excluding hydrogens is 561 g/mol. The molecule has 1 amide bonds. The van der Waals surface area contributed by atoms with Crippen LogP contribution in [0.3, 0.4) is 0 Å². The topological polar surface area (TPSA) is 96.5 Å². The van der Waals surface area contributed by atoms with Gasteiger partial charge in [-0.25, -0.2) is 4.39 Å². The zero-order valence-electron chi connectivity index (χ0n) is 19.9. The van der Waals surface area contributed by atoms with Crippen LogP contribution in [0.4, 0.5) is 9.52 Å². The third kappa shape index (κ3) is 4.71. The minimum absolute atomic E-state index is 0.00948. The predicted molar refractivity (Wildman–Crippen MR) is 148 cm³/mol. The average molecular weight is 578 g/mol. The number of carbonyl (C=O) groups excluding carboxylic acids is 2. The van der Waals surface area contributed by atoms with Gasteiger partial charge in [-0.3, -0.25) is 14.5 Å². The molecule has 6 rings (SSSR count). The molecule has 2 aromatic heterocycles. The van der Waals surface area contributed by atoms with E-state index in [-0.39, 0.29) is 22.3 Å². The fourth-order valence-electron chi connectivity index (χ4n) is 4.33. The second-order valence-corrected chi connectivity index (χ2v) is 11.2. The Morgan fingerprint density at radius 2 is 1.82 bits per heavy atom. The second-order valence-electron chi connectivity index (χ2n) is 8.60. The Labute approximate surface area is 234 Å². The van der Waals surface area contributed by atoms with Gasteiger partial charge in [0.25, 0.3) is 5.91 Å². The first-order valence-electron chi connectivity index (χ1n) is 11.7. The Morgan fingerprint density at radius 3 is 2.59 bits per heavy atom. The number of ketones is 1. The lowest BCUT2D eigenvalue weighted by atomic mass is 9.95. The lowest BCUT2D eigenvalue weighted by Crippen LogP contribution is -2.31. The third-order valence-electron chi connectivity index (χ3n) is 6.20. The van der Waals surface area contributed by atoms with Crippen molar-refractivity contribution < 1.29 is 23.5 Å². The van der Waals surface area contributed by atoms with Gasteiger partial charge in [0.1, 0.15) is 11.4 Å². The van der Waals surface area contributed by atoms with Crippen molar-refractivity contribution in [3.05, 3.63) is 118 Å². The quantitative estimate of drug-likeness (QED) is 0.125. The number of nitrogens with zero attached hydrogens (tertiary/aromatic N) is 3. The monoisotopic (exact) mass is 577 g/mol. The van der Waals surface area contributed by atoms with E-state index in [1.165, 1.54) is 22.7 Å². The SMILES string of the molecule is O=C(C1=C(O)C(=O)N(c2nnc(SCc3ccccc3F)s2)[C@H]1c1ccc(Cl)cc1)c1cc2ccccc2o1. The molecule has 0 unspecified atom stereocenters. The first kappa shape index (κ1) is 25.3. The van der Waals surface area contributed by atoms with E-state index in [0.29, 0.717) is 37.2 Å². The fraction of sp³-hybridized carbons (Fsp3) is 0.0714. The van der Waals surface area contributed by atoms with Crippen LogP contribution in [0.25, 0.3) is 11.0 Å². The molecule has 1 atom stereocenters. The van der Waals surface area contributed by atoms with E-state index in [2.05, 4.69) is 10.2 Å². The number of thioether (sulfide) groups is 1. The molecule has 3 heterocycles. The number of fused-ring (bicyclic) bond motifs is 1. The molecule has 0 bridgehead atoms. The smallest absolute Gasteiger partial charge is 0.296 e. The minimum Gasteiger partial charge on any atom is -0.503 e. The van der Waals surface area contributed by atoms with Crippen LogP contribution in [0, 0.1) is 5.82 Å². The first-order valence-corrected chi connectivity index (χ1v) is 13.8. The average Bonchev–Trinajstić information content (AvgIpc) is 3.65. The summed E-state index contributed by atoms with van der Waals surface area (Å²) >= 11 is 8.46. The highest BCUT2D eigenvalue weighted by atomic mass is 35.5. The Bertz CT molecular complexity index is 1730. The Hall–Kier alpha value is -3.99. The third-order valence-corrected chi connectivity index (χ3v) is 8.56. The van der Waals surface area contributed by atoms with Crippen molar-refractivity contribution in [3.63, 3.8) is 0 Å². The van der Waals surface area contributed by atoms with Gasteiger partial charge >= 0.3 is 0 Å². The number of Topliss-reactive ketones (excluding diaryl/α,β-unsaturated/α-hetero) is 1. The fourth-order valence-corrected chi connectivity index (χ4v) is 6.31. The highest BCUT2D eigenvalue weighted by molar-refractivity contribution is 8.00. The van der Waals surface area contributed by atoms with Crippen LogP contribution in [-0.2, 0) is 10.5 Å². The molecule has 5 aromatic rings. The maximum Gasteiger partial charge on any atom is 0.296 e. The maximum absolute atomic E-state index is 14.1. The summed E-state index contributed by atoms with van der Waals surface area (Å²) in [6.45, 7) is 0. The summed E-state index contributed by atoms with van der Waals surface area (Å²) in [7, 11) is 0. The highest BCUT2D eigenvalue weighted by Crippen LogP contribution is 2.44. The lowest BCUT2D eigenvalue weighted by Gasteiger charge is -2.23. The zero-order valence-corrected chi connectivity index (χ0v) is 22.3. The summed E-state index contributed by atoms with van der Waals surface area (Å²) in [4.78, 5) is 28.3. The molecule has 3 aromatic carbocycles. The summed E-state index contributed by atoms with van der Waals surface area (Å²) in [6.07, 6.45) is 0. The minimum atomic E-state index is -1.01. The summed E-state index contributed by atoms with van der Waals surface area (Å²) in [5.74, 6) is -2.14. The summed E-state index contributed by atoms with van der Waals surface area (Å²) in [5, 5.41) is 20.7. The van der Waals surface area contributed by atoms with Crippen molar-refractivity contribution in [1.29, 1.82) is 0 Å². The van der Waals surface area contributed by atoms with Gasteiger partial charge in [0, 0.05) is 16.2 Å². The van der Waals surface area contributed by atoms with Crippen LogP contribution < -0.4 is 4.90 Å². The number of para-hydroxylation sites is 1. The number of furan rings is 1. The second kappa shape index (κ2) is 10.3. The number of carbonyl (C=O) groups is 2. The van der Waals surface area contributed by atoms with Crippen molar-refractivity contribution in [2.24, 2.45) is 0 Å². The van der Waals surface area contributed by atoms with Gasteiger partial charge in [0.2, 0.25) is 10.9 Å². The summed E-state index contributed by atoms with van der Waals surface area (Å²) < 4.78 is 20.3. The molecule has 0 saturated carbocycles. The lowest BCUT2D eigenvalue weighted by molar-refractivity contribution is -0.117. The first-order chi connectivity index (χ1) is 18.9. The molecule has 0 saturated heterocycles. The van der Waals surface area contributed by atoms with Gasteiger partial charge in [-0.05, 0) is 41.5 Å². The number of rotatable bonds is 7. The van der Waals surface area contributed by atoms with E-state index >= 15 is 0 Å². The molecule has 1 aliphatic rings. The molecule has 1 aliphatic heterocycles. The van der Waals surface area contributed by atoms with Gasteiger partial charge in [-0.15, -0.1) is 10.2 Å².